The SMILES string of the molecule is Cc1ccc(C)c(N2N=C(C(=O)O[C@H](C)C(=O)N3c4ccccc4NC(=O)C3(C)C)CCC2=O)c1. The van der Waals surface area contributed by atoms with Crippen LogP contribution in [0.2, 0.25) is 0 Å². The van der Waals surface area contributed by atoms with Gasteiger partial charge in [-0.1, -0.05) is 24.3 Å². The number of nitrogens with zero attached hydrogens (tertiary/aromatic N) is 3. The van der Waals surface area contributed by atoms with Gasteiger partial charge in [-0.25, -0.2) is 4.79 Å². The summed E-state index contributed by atoms with van der Waals surface area (Å²) in [6.07, 6.45) is -0.980. The lowest BCUT2D eigenvalue weighted by molar-refractivity contribution is -0.148. The fourth-order valence-electron chi connectivity index (χ4n) is 4.14. The van der Waals surface area contributed by atoms with Crippen LogP contribution in [0.3, 0.4) is 0 Å². The minimum absolute atomic E-state index is 0.0567. The van der Waals surface area contributed by atoms with Crippen molar-refractivity contribution in [2.75, 3.05) is 15.2 Å². The van der Waals surface area contributed by atoms with E-state index in [1.807, 2.05) is 32.0 Å². The molecule has 1 atom stereocenters. The molecule has 0 saturated heterocycles. The van der Waals surface area contributed by atoms with E-state index in [4.69, 9.17) is 4.74 Å². The lowest BCUT2D eigenvalue weighted by Gasteiger charge is -2.42. The average Bonchev–Trinajstić information content (AvgIpc) is 2.81. The predicted octanol–water partition coefficient (Wildman–Crippen LogP) is 3.48. The van der Waals surface area contributed by atoms with E-state index in [-0.39, 0.29) is 30.4 Å². The Bertz CT molecular complexity index is 1270. The van der Waals surface area contributed by atoms with Crippen molar-refractivity contribution >= 4 is 46.5 Å². The molecule has 9 heteroatoms. The van der Waals surface area contributed by atoms with E-state index in [9.17, 15) is 19.2 Å². The third-order valence-electron chi connectivity index (χ3n) is 6.22. The van der Waals surface area contributed by atoms with Crippen LogP contribution in [0.5, 0.6) is 0 Å². The van der Waals surface area contributed by atoms with Gasteiger partial charge < -0.3 is 10.1 Å². The molecule has 2 aliphatic rings. The van der Waals surface area contributed by atoms with Crippen LogP contribution in [-0.2, 0) is 23.9 Å². The summed E-state index contributed by atoms with van der Waals surface area (Å²) in [6.45, 7) is 8.49. The molecule has 0 spiro atoms. The van der Waals surface area contributed by atoms with E-state index in [0.29, 0.717) is 17.1 Å². The molecule has 0 aromatic heterocycles. The molecule has 2 aromatic rings. The number of amides is 3. The van der Waals surface area contributed by atoms with Crippen molar-refractivity contribution in [2.45, 2.75) is 59.1 Å². The Morgan fingerprint density at radius 1 is 1.06 bits per heavy atom. The summed E-state index contributed by atoms with van der Waals surface area (Å²) in [6, 6.07) is 12.6. The highest BCUT2D eigenvalue weighted by atomic mass is 16.5. The summed E-state index contributed by atoms with van der Waals surface area (Å²) in [5.74, 6) is -1.88. The number of para-hydroxylation sites is 2. The third-order valence-corrected chi connectivity index (χ3v) is 6.22. The van der Waals surface area contributed by atoms with Crippen LogP contribution < -0.4 is 15.2 Å². The Kier molecular flexibility index (Phi) is 6.19. The summed E-state index contributed by atoms with van der Waals surface area (Å²) >= 11 is 0. The summed E-state index contributed by atoms with van der Waals surface area (Å²) in [4.78, 5) is 53.0. The van der Waals surface area contributed by atoms with Gasteiger partial charge in [0.1, 0.15) is 11.3 Å². The number of carbonyl (C=O) groups is 4. The molecule has 4 rings (SSSR count). The Labute approximate surface area is 203 Å². The second kappa shape index (κ2) is 8.98. The highest BCUT2D eigenvalue weighted by Gasteiger charge is 2.45. The second-order valence-electron chi connectivity index (χ2n) is 9.29. The lowest BCUT2D eigenvalue weighted by atomic mass is 9.95. The molecule has 0 saturated carbocycles. The van der Waals surface area contributed by atoms with Crippen molar-refractivity contribution in [3.63, 3.8) is 0 Å². The topological polar surface area (TPSA) is 108 Å². The molecule has 0 bridgehead atoms. The van der Waals surface area contributed by atoms with Crippen molar-refractivity contribution in [2.24, 2.45) is 5.10 Å². The Balaban J connectivity index is 1.57. The molecule has 3 amide bonds. The van der Waals surface area contributed by atoms with Gasteiger partial charge in [0.2, 0.25) is 11.8 Å². The van der Waals surface area contributed by atoms with E-state index >= 15 is 0 Å². The number of ether oxygens (including phenoxy) is 1. The first-order chi connectivity index (χ1) is 16.5. The van der Waals surface area contributed by atoms with Crippen LogP contribution in [0.15, 0.2) is 47.6 Å². The van der Waals surface area contributed by atoms with Crippen LogP contribution in [0, 0.1) is 13.8 Å². The zero-order valence-corrected chi connectivity index (χ0v) is 20.4. The molecule has 2 aliphatic heterocycles. The van der Waals surface area contributed by atoms with E-state index in [1.165, 1.54) is 16.8 Å². The van der Waals surface area contributed by atoms with Gasteiger partial charge in [-0.2, -0.15) is 10.1 Å². The molecular formula is C26H28N4O5. The molecule has 2 aromatic carbocycles. The number of fused-ring (bicyclic) bond motifs is 1. The molecule has 182 valence electrons. The zero-order chi connectivity index (χ0) is 25.5. The van der Waals surface area contributed by atoms with Crippen LogP contribution in [0.1, 0.15) is 44.7 Å². The number of hydrogen-bond donors (Lipinski definition) is 1. The number of anilines is 3. The van der Waals surface area contributed by atoms with E-state index < -0.39 is 23.5 Å². The van der Waals surface area contributed by atoms with Gasteiger partial charge in [0.25, 0.3) is 5.91 Å². The van der Waals surface area contributed by atoms with Crippen LogP contribution in [0.4, 0.5) is 17.1 Å². The van der Waals surface area contributed by atoms with Gasteiger partial charge >= 0.3 is 5.97 Å². The fourth-order valence-corrected chi connectivity index (χ4v) is 4.14. The zero-order valence-electron chi connectivity index (χ0n) is 20.4. The van der Waals surface area contributed by atoms with Crippen molar-refractivity contribution < 1.29 is 23.9 Å². The fraction of sp³-hybridized carbons (Fsp3) is 0.346. The summed E-state index contributed by atoms with van der Waals surface area (Å²) in [7, 11) is 0. The maximum absolute atomic E-state index is 13.4. The van der Waals surface area contributed by atoms with Crippen molar-refractivity contribution in [3.8, 4) is 0 Å². The third kappa shape index (κ3) is 4.41. The number of benzene rings is 2. The molecule has 9 nitrogen and oxygen atoms in total. The maximum atomic E-state index is 13.4. The summed E-state index contributed by atoms with van der Waals surface area (Å²) in [5, 5.41) is 8.30. The van der Waals surface area contributed by atoms with E-state index in [1.54, 1.807) is 38.1 Å². The first-order valence-corrected chi connectivity index (χ1v) is 11.4. The molecular weight excluding hydrogens is 448 g/mol. The molecule has 0 radical (unpaired) electrons. The van der Waals surface area contributed by atoms with Crippen molar-refractivity contribution in [1.29, 1.82) is 0 Å². The van der Waals surface area contributed by atoms with Gasteiger partial charge in [-0.3, -0.25) is 19.3 Å². The monoisotopic (exact) mass is 476 g/mol. The molecule has 0 aliphatic carbocycles. The van der Waals surface area contributed by atoms with Crippen molar-refractivity contribution in [1.82, 2.24) is 0 Å². The summed E-state index contributed by atoms with van der Waals surface area (Å²) < 4.78 is 5.49. The summed E-state index contributed by atoms with van der Waals surface area (Å²) in [5.41, 5.74) is 2.28. The number of esters is 1. The van der Waals surface area contributed by atoms with Crippen LogP contribution >= 0.6 is 0 Å². The number of nitrogens with one attached hydrogen (secondary N) is 1. The van der Waals surface area contributed by atoms with Crippen LogP contribution in [0.25, 0.3) is 0 Å². The number of carbonyl (C=O) groups excluding carboxylic acids is 4. The Morgan fingerprint density at radius 3 is 2.51 bits per heavy atom. The van der Waals surface area contributed by atoms with Gasteiger partial charge in [-0.05, 0) is 63.9 Å². The quantitative estimate of drug-likeness (QED) is 0.680. The number of aryl methyl sites for hydroxylation is 2. The predicted molar refractivity (Wildman–Crippen MR) is 132 cm³/mol. The molecule has 2 heterocycles. The van der Waals surface area contributed by atoms with E-state index in [2.05, 4.69) is 10.4 Å². The molecule has 35 heavy (non-hydrogen) atoms. The van der Waals surface area contributed by atoms with Gasteiger partial charge in [0, 0.05) is 12.8 Å². The highest BCUT2D eigenvalue weighted by Crippen LogP contribution is 2.37. The first-order valence-electron chi connectivity index (χ1n) is 11.4. The molecule has 1 N–H and O–H groups in total. The number of hydrogen-bond acceptors (Lipinski definition) is 6. The van der Waals surface area contributed by atoms with E-state index in [0.717, 1.165) is 11.1 Å². The molecule has 0 fully saturated rings. The number of rotatable bonds is 4. The number of hydrazone groups is 1. The largest absolute Gasteiger partial charge is 0.448 e. The van der Waals surface area contributed by atoms with Crippen molar-refractivity contribution in [3.05, 3.63) is 53.6 Å². The highest BCUT2D eigenvalue weighted by molar-refractivity contribution is 6.38. The normalized spacial score (nSPS) is 17.8. The minimum atomic E-state index is -1.19. The second-order valence-corrected chi connectivity index (χ2v) is 9.29. The van der Waals surface area contributed by atoms with Gasteiger partial charge in [0.15, 0.2) is 6.10 Å². The van der Waals surface area contributed by atoms with Gasteiger partial charge in [-0.15, -0.1) is 0 Å². The Hall–Kier alpha value is -4.01. The Morgan fingerprint density at radius 2 is 1.77 bits per heavy atom. The standard InChI is InChI=1S/C26H28N4O5/c1-15-10-11-16(2)21(14-15)30-22(31)13-12-19(28-30)24(33)35-17(3)23(32)29-20-9-7-6-8-18(20)27-25(34)26(29,4)5/h6-11,14,17H,12-13H2,1-5H3,(H,27,34)/t17-/m1/s1. The first kappa shape index (κ1) is 24.1. The maximum Gasteiger partial charge on any atom is 0.355 e. The smallest absolute Gasteiger partial charge is 0.355 e. The van der Waals surface area contributed by atoms with Gasteiger partial charge in [0.05, 0.1) is 17.1 Å². The minimum Gasteiger partial charge on any atom is -0.448 e. The van der Waals surface area contributed by atoms with Crippen LogP contribution in [-0.4, -0.2) is 41.0 Å². The molecule has 0 unspecified atom stereocenters. The average molecular weight is 477 g/mol. The lowest BCUT2D eigenvalue weighted by Crippen LogP contribution is -2.60.